The number of hydrogen-bond donors (Lipinski definition) is 1. The number of aliphatic hydroxyl groups excluding tert-OH is 1. The minimum atomic E-state index is -0.416. The molecule has 0 atom stereocenters. The van der Waals surface area contributed by atoms with E-state index < -0.39 is 4.92 Å². The average Bonchev–Trinajstić information content (AvgIpc) is 2.35. The molecule has 0 unspecified atom stereocenters. The molecule has 0 aliphatic carbocycles. The Morgan fingerprint density at radius 1 is 1.50 bits per heavy atom. The summed E-state index contributed by atoms with van der Waals surface area (Å²) in [5.74, 6) is 0. The van der Waals surface area contributed by atoms with E-state index in [0.717, 1.165) is 6.54 Å². The number of aliphatic hydroxyl groups is 1. The summed E-state index contributed by atoms with van der Waals surface area (Å²) in [5, 5.41) is 20.2. The number of nitro benzene ring substituents is 1. The molecule has 5 nitrogen and oxygen atoms in total. The van der Waals surface area contributed by atoms with Crippen molar-refractivity contribution >= 4 is 17.3 Å². The summed E-state index contributed by atoms with van der Waals surface area (Å²) in [7, 11) is 0. The van der Waals surface area contributed by atoms with E-state index in [-0.39, 0.29) is 12.3 Å². The van der Waals surface area contributed by atoms with Crippen molar-refractivity contribution in [3.05, 3.63) is 38.9 Å². The maximum atomic E-state index is 10.9. The fourth-order valence-electron chi connectivity index (χ4n) is 1.74. The molecule has 0 aliphatic rings. The first-order chi connectivity index (χ1) is 8.60. The zero-order chi connectivity index (χ0) is 13.5. The molecule has 1 rings (SSSR count). The third kappa shape index (κ3) is 3.94. The first-order valence-electron chi connectivity index (χ1n) is 5.85. The van der Waals surface area contributed by atoms with Gasteiger partial charge in [0.1, 0.15) is 0 Å². The molecule has 0 amide bonds. The highest BCUT2D eigenvalue weighted by atomic mass is 35.5. The molecule has 1 aromatic carbocycles. The molecule has 6 heteroatoms. The fraction of sp³-hybridized carbons (Fsp3) is 0.500. The lowest BCUT2D eigenvalue weighted by Crippen LogP contribution is -2.25. The van der Waals surface area contributed by atoms with E-state index in [1.165, 1.54) is 6.07 Å². The SMILES string of the molecule is CCN(CCCO)Cc1c(Cl)cccc1[N+](=O)[O-]. The molecule has 0 aromatic heterocycles. The Hall–Kier alpha value is -1.17. The van der Waals surface area contributed by atoms with Gasteiger partial charge in [-0.15, -0.1) is 0 Å². The van der Waals surface area contributed by atoms with E-state index in [0.29, 0.717) is 30.1 Å². The van der Waals surface area contributed by atoms with Crippen LogP contribution < -0.4 is 0 Å². The Kier molecular flexibility index (Phi) is 6.04. The summed E-state index contributed by atoms with van der Waals surface area (Å²) >= 11 is 6.03. The van der Waals surface area contributed by atoms with Gasteiger partial charge in [0, 0.05) is 25.8 Å². The highest BCUT2D eigenvalue weighted by Crippen LogP contribution is 2.27. The van der Waals surface area contributed by atoms with Gasteiger partial charge in [-0.2, -0.15) is 0 Å². The lowest BCUT2D eigenvalue weighted by Gasteiger charge is -2.20. The second kappa shape index (κ2) is 7.31. The van der Waals surface area contributed by atoms with Gasteiger partial charge in [-0.3, -0.25) is 15.0 Å². The Balaban J connectivity index is 2.90. The van der Waals surface area contributed by atoms with Crippen LogP contribution in [0.4, 0.5) is 5.69 Å². The number of nitrogens with zero attached hydrogens (tertiary/aromatic N) is 2. The molecule has 18 heavy (non-hydrogen) atoms. The maximum Gasteiger partial charge on any atom is 0.275 e. The molecule has 100 valence electrons. The van der Waals surface area contributed by atoms with E-state index in [1.807, 2.05) is 11.8 Å². The van der Waals surface area contributed by atoms with Crippen LogP contribution >= 0.6 is 11.6 Å². The van der Waals surface area contributed by atoms with Crippen LogP contribution in [0.3, 0.4) is 0 Å². The van der Waals surface area contributed by atoms with E-state index in [2.05, 4.69) is 0 Å². The van der Waals surface area contributed by atoms with Crippen LogP contribution in [0.2, 0.25) is 5.02 Å². The molecule has 0 radical (unpaired) electrons. The van der Waals surface area contributed by atoms with Gasteiger partial charge in [0.25, 0.3) is 5.69 Å². The standard InChI is InChI=1S/C12H17ClN2O3/c1-2-14(7-4-8-16)9-10-11(13)5-3-6-12(10)15(17)18/h3,5-6,16H,2,4,7-9H2,1H3. The van der Waals surface area contributed by atoms with Crippen molar-refractivity contribution in [3.8, 4) is 0 Å². The minimum Gasteiger partial charge on any atom is -0.396 e. The summed E-state index contributed by atoms with van der Waals surface area (Å²) < 4.78 is 0. The number of benzene rings is 1. The van der Waals surface area contributed by atoms with Gasteiger partial charge in [0.2, 0.25) is 0 Å². The summed E-state index contributed by atoms with van der Waals surface area (Å²) in [6, 6.07) is 4.69. The van der Waals surface area contributed by atoms with Crippen molar-refractivity contribution in [2.24, 2.45) is 0 Å². The van der Waals surface area contributed by atoms with Crippen molar-refractivity contribution in [1.29, 1.82) is 0 Å². The van der Waals surface area contributed by atoms with Gasteiger partial charge in [0.05, 0.1) is 15.5 Å². The molecule has 0 bridgehead atoms. The first kappa shape index (κ1) is 14.9. The normalized spacial score (nSPS) is 10.9. The van der Waals surface area contributed by atoms with Gasteiger partial charge in [-0.25, -0.2) is 0 Å². The number of rotatable bonds is 7. The van der Waals surface area contributed by atoms with Gasteiger partial charge >= 0.3 is 0 Å². The highest BCUT2D eigenvalue weighted by Gasteiger charge is 2.18. The third-order valence-corrected chi connectivity index (χ3v) is 3.11. The molecular formula is C12H17ClN2O3. The Labute approximate surface area is 111 Å². The Morgan fingerprint density at radius 2 is 2.22 bits per heavy atom. The number of hydrogen-bond acceptors (Lipinski definition) is 4. The highest BCUT2D eigenvalue weighted by molar-refractivity contribution is 6.31. The largest absolute Gasteiger partial charge is 0.396 e. The van der Waals surface area contributed by atoms with E-state index in [9.17, 15) is 10.1 Å². The van der Waals surface area contributed by atoms with E-state index in [4.69, 9.17) is 16.7 Å². The molecule has 0 aliphatic heterocycles. The topological polar surface area (TPSA) is 66.6 Å². The molecule has 0 spiro atoms. The van der Waals surface area contributed by atoms with Gasteiger partial charge < -0.3 is 5.11 Å². The lowest BCUT2D eigenvalue weighted by molar-refractivity contribution is -0.385. The maximum absolute atomic E-state index is 10.9. The number of nitro groups is 1. The third-order valence-electron chi connectivity index (χ3n) is 2.75. The second-order valence-corrected chi connectivity index (χ2v) is 4.35. The summed E-state index contributed by atoms with van der Waals surface area (Å²) in [5.41, 5.74) is 0.578. The van der Waals surface area contributed by atoms with Crippen molar-refractivity contribution in [3.63, 3.8) is 0 Å². The smallest absolute Gasteiger partial charge is 0.275 e. The first-order valence-corrected chi connectivity index (χ1v) is 6.23. The molecule has 1 N–H and O–H groups in total. The minimum absolute atomic E-state index is 0.0462. The van der Waals surface area contributed by atoms with Gasteiger partial charge in [0.15, 0.2) is 0 Å². The van der Waals surface area contributed by atoms with Crippen LogP contribution in [0.5, 0.6) is 0 Å². The van der Waals surface area contributed by atoms with Gasteiger partial charge in [-0.05, 0) is 19.0 Å². The molecule has 0 saturated carbocycles. The van der Waals surface area contributed by atoms with Crippen LogP contribution in [0.15, 0.2) is 18.2 Å². The molecule has 1 aromatic rings. The van der Waals surface area contributed by atoms with Gasteiger partial charge in [-0.1, -0.05) is 24.6 Å². The number of halogens is 1. The van der Waals surface area contributed by atoms with Crippen molar-refractivity contribution < 1.29 is 10.0 Å². The average molecular weight is 273 g/mol. The van der Waals surface area contributed by atoms with E-state index in [1.54, 1.807) is 12.1 Å². The monoisotopic (exact) mass is 272 g/mol. The summed E-state index contributed by atoms with van der Waals surface area (Å²) in [4.78, 5) is 12.5. The Bertz CT molecular complexity index is 412. The van der Waals surface area contributed by atoms with Crippen LogP contribution in [0, 0.1) is 10.1 Å². The summed E-state index contributed by atoms with van der Waals surface area (Å²) in [6.45, 7) is 3.95. The van der Waals surface area contributed by atoms with Crippen molar-refractivity contribution in [2.45, 2.75) is 19.9 Å². The zero-order valence-electron chi connectivity index (χ0n) is 10.3. The molecule has 0 fully saturated rings. The van der Waals surface area contributed by atoms with Crippen LogP contribution in [-0.2, 0) is 6.54 Å². The molecule has 0 heterocycles. The molecule has 0 saturated heterocycles. The van der Waals surface area contributed by atoms with Crippen LogP contribution in [0.1, 0.15) is 18.9 Å². The predicted molar refractivity (Wildman–Crippen MR) is 70.8 cm³/mol. The van der Waals surface area contributed by atoms with Crippen LogP contribution in [-0.4, -0.2) is 34.6 Å². The van der Waals surface area contributed by atoms with Crippen molar-refractivity contribution in [2.75, 3.05) is 19.7 Å². The zero-order valence-corrected chi connectivity index (χ0v) is 11.1. The van der Waals surface area contributed by atoms with E-state index >= 15 is 0 Å². The second-order valence-electron chi connectivity index (χ2n) is 3.94. The Morgan fingerprint density at radius 3 is 2.78 bits per heavy atom. The van der Waals surface area contributed by atoms with Crippen LogP contribution in [0.25, 0.3) is 0 Å². The predicted octanol–water partition coefficient (Wildman–Crippen LogP) is 2.45. The lowest BCUT2D eigenvalue weighted by atomic mass is 10.1. The molecular weight excluding hydrogens is 256 g/mol. The quantitative estimate of drug-likeness (QED) is 0.612. The summed E-state index contributed by atoms with van der Waals surface area (Å²) in [6.07, 6.45) is 0.645. The fourth-order valence-corrected chi connectivity index (χ4v) is 1.97. The van der Waals surface area contributed by atoms with Crippen molar-refractivity contribution in [1.82, 2.24) is 4.90 Å².